The van der Waals surface area contributed by atoms with E-state index in [-0.39, 0.29) is 5.91 Å². The Balaban J connectivity index is 2.55. The molecule has 1 N–H and O–H groups in total. The van der Waals surface area contributed by atoms with E-state index in [1.54, 1.807) is 7.05 Å². The largest absolute Gasteiger partial charge is 0.478 e. The van der Waals surface area contributed by atoms with Crippen molar-refractivity contribution in [2.75, 3.05) is 7.05 Å². The molecule has 0 aliphatic heterocycles. The second-order valence-electron chi connectivity index (χ2n) is 3.10. The molecule has 0 saturated heterocycles. The summed E-state index contributed by atoms with van der Waals surface area (Å²) in [5.41, 5.74) is 0. The van der Waals surface area contributed by atoms with Crippen molar-refractivity contribution in [2.24, 2.45) is 0 Å². The lowest BCUT2D eigenvalue weighted by atomic mass is 10.4. The summed E-state index contributed by atoms with van der Waals surface area (Å²) in [6.07, 6.45) is 1.88. The average molecular weight is 304 g/mol. The van der Waals surface area contributed by atoms with Gasteiger partial charge in [0.25, 0.3) is 0 Å². The Morgan fingerprint density at radius 2 is 2.25 bits per heavy atom. The normalized spacial score (nSPS) is 10.6. The number of carboxylic acid groups (broad SMARTS) is 1. The minimum atomic E-state index is -1.12. The lowest BCUT2D eigenvalue weighted by Gasteiger charge is -2.13. The van der Waals surface area contributed by atoms with E-state index >= 15 is 0 Å². The first-order valence-corrected chi connectivity index (χ1v) is 6.05. The summed E-state index contributed by atoms with van der Waals surface area (Å²) in [5, 5.41) is 10.3. The molecule has 0 bridgehead atoms. The third-order valence-electron chi connectivity index (χ3n) is 1.76. The van der Waals surface area contributed by atoms with Crippen LogP contribution in [0.5, 0.6) is 0 Å². The van der Waals surface area contributed by atoms with Crippen LogP contribution in [0.3, 0.4) is 0 Å². The van der Waals surface area contributed by atoms with Crippen LogP contribution in [0.15, 0.2) is 28.1 Å². The van der Waals surface area contributed by atoms with Crippen LogP contribution < -0.4 is 0 Å². The number of likely N-dealkylation sites (N-methyl/N-ethyl adjacent to an activating group) is 1. The number of carbonyl (C=O) groups is 2. The monoisotopic (exact) mass is 303 g/mol. The number of hydrogen-bond donors (Lipinski definition) is 1. The zero-order chi connectivity index (χ0) is 12.1. The molecule has 1 aromatic heterocycles. The van der Waals surface area contributed by atoms with E-state index in [1.165, 1.54) is 16.2 Å². The number of nitrogens with zero attached hydrogens (tertiary/aromatic N) is 1. The number of carboxylic acids is 1. The summed E-state index contributed by atoms with van der Waals surface area (Å²) in [6, 6.07) is 1.93. The Labute approximate surface area is 105 Å². The molecule has 0 spiro atoms. The van der Waals surface area contributed by atoms with Gasteiger partial charge in [-0.05, 0) is 22.0 Å². The van der Waals surface area contributed by atoms with Gasteiger partial charge in [0.05, 0.1) is 6.54 Å². The minimum Gasteiger partial charge on any atom is -0.478 e. The molecule has 1 heterocycles. The highest BCUT2D eigenvalue weighted by atomic mass is 79.9. The predicted octanol–water partition coefficient (Wildman–Crippen LogP) is 2.11. The summed E-state index contributed by atoms with van der Waals surface area (Å²) in [4.78, 5) is 24.1. The van der Waals surface area contributed by atoms with E-state index in [0.717, 1.165) is 21.5 Å². The van der Waals surface area contributed by atoms with Crippen molar-refractivity contribution >= 4 is 39.1 Å². The van der Waals surface area contributed by atoms with E-state index in [0.29, 0.717) is 6.54 Å². The zero-order valence-electron chi connectivity index (χ0n) is 8.51. The van der Waals surface area contributed by atoms with Gasteiger partial charge in [-0.3, -0.25) is 4.79 Å². The molecule has 0 aliphatic carbocycles. The van der Waals surface area contributed by atoms with Gasteiger partial charge in [0.15, 0.2) is 0 Å². The van der Waals surface area contributed by atoms with Gasteiger partial charge in [-0.15, -0.1) is 11.3 Å². The smallest absolute Gasteiger partial charge is 0.328 e. The zero-order valence-corrected chi connectivity index (χ0v) is 10.9. The van der Waals surface area contributed by atoms with Crippen molar-refractivity contribution in [3.63, 3.8) is 0 Å². The summed E-state index contributed by atoms with van der Waals surface area (Å²) in [5.74, 6) is -1.45. The van der Waals surface area contributed by atoms with Gasteiger partial charge in [-0.2, -0.15) is 0 Å². The molecular formula is C10H10BrNO3S. The highest BCUT2D eigenvalue weighted by Crippen LogP contribution is 2.20. The molecule has 0 aromatic carbocycles. The maximum atomic E-state index is 11.4. The van der Waals surface area contributed by atoms with Crippen molar-refractivity contribution in [1.82, 2.24) is 4.90 Å². The molecule has 0 atom stereocenters. The quantitative estimate of drug-likeness (QED) is 0.867. The maximum absolute atomic E-state index is 11.4. The first kappa shape index (κ1) is 12.9. The van der Waals surface area contributed by atoms with Gasteiger partial charge in [0.1, 0.15) is 0 Å². The Morgan fingerprint density at radius 1 is 1.56 bits per heavy atom. The Bertz CT molecular complexity index is 427. The molecule has 0 fully saturated rings. The number of aliphatic carboxylic acids is 1. The molecule has 1 aromatic rings. The molecule has 86 valence electrons. The van der Waals surface area contributed by atoms with Crippen molar-refractivity contribution < 1.29 is 14.7 Å². The van der Waals surface area contributed by atoms with Crippen molar-refractivity contribution in [3.8, 4) is 0 Å². The van der Waals surface area contributed by atoms with Crippen LogP contribution in [0.2, 0.25) is 0 Å². The van der Waals surface area contributed by atoms with Gasteiger partial charge in [0, 0.05) is 33.9 Å². The molecule has 1 amide bonds. The van der Waals surface area contributed by atoms with Crippen LogP contribution in [0.4, 0.5) is 0 Å². The van der Waals surface area contributed by atoms with Crippen LogP contribution in [-0.4, -0.2) is 28.9 Å². The van der Waals surface area contributed by atoms with E-state index in [1.807, 2.05) is 11.4 Å². The number of halogens is 1. The van der Waals surface area contributed by atoms with Gasteiger partial charge >= 0.3 is 5.97 Å². The van der Waals surface area contributed by atoms with Crippen LogP contribution in [0.1, 0.15) is 4.88 Å². The number of hydrogen-bond acceptors (Lipinski definition) is 3. The average Bonchev–Trinajstić information content (AvgIpc) is 2.60. The number of carbonyl (C=O) groups excluding carboxylic acids is 1. The van der Waals surface area contributed by atoms with Crippen LogP contribution in [-0.2, 0) is 16.1 Å². The Morgan fingerprint density at radius 3 is 2.75 bits per heavy atom. The third kappa shape index (κ3) is 4.16. The van der Waals surface area contributed by atoms with E-state index in [4.69, 9.17) is 5.11 Å². The molecule has 0 unspecified atom stereocenters. The van der Waals surface area contributed by atoms with Crippen molar-refractivity contribution in [3.05, 3.63) is 32.9 Å². The molecule has 0 aliphatic rings. The highest BCUT2D eigenvalue weighted by Gasteiger charge is 2.07. The van der Waals surface area contributed by atoms with Crippen LogP contribution in [0, 0.1) is 0 Å². The third-order valence-corrected chi connectivity index (χ3v) is 3.44. The lowest BCUT2D eigenvalue weighted by Crippen LogP contribution is -2.23. The fourth-order valence-corrected chi connectivity index (χ4v) is 2.52. The molecule has 0 saturated carbocycles. The van der Waals surface area contributed by atoms with E-state index < -0.39 is 5.97 Å². The summed E-state index contributed by atoms with van der Waals surface area (Å²) in [6.45, 7) is 0.471. The second-order valence-corrected chi connectivity index (χ2v) is 5.01. The molecule has 1 rings (SSSR count). The Hall–Kier alpha value is -1.14. The van der Waals surface area contributed by atoms with Crippen LogP contribution in [0.25, 0.3) is 0 Å². The van der Waals surface area contributed by atoms with Crippen molar-refractivity contribution in [2.45, 2.75) is 6.54 Å². The van der Waals surface area contributed by atoms with Gasteiger partial charge in [-0.1, -0.05) is 0 Å². The Kier molecular flexibility index (Phi) is 4.70. The summed E-state index contributed by atoms with van der Waals surface area (Å²) < 4.78 is 0.981. The first-order chi connectivity index (χ1) is 7.49. The fourth-order valence-electron chi connectivity index (χ4n) is 1.02. The molecule has 16 heavy (non-hydrogen) atoms. The van der Waals surface area contributed by atoms with Crippen LogP contribution >= 0.6 is 27.3 Å². The van der Waals surface area contributed by atoms with Gasteiger partial charge in [0.2, 0.25) is 5.91 Å². The summed E-state index contributed by atoms with van der Waals surface area (Å²) in [7, 11) is 1.63. The topological polar surface area (TPSA) is 57.6 Å². The van der Waals surface area contributed by atoms with E-state index in [9.17, 15) is 9.59 Å². The number of thiophene rings is 1. The fraction of sp³-hybridized carbons (Fsp3) is 0.200. The minimum absolute atomic E-state index is 0.327. The molecule has 0 radical (unpaired) electrons. The molecular weight excluding hydrogens is 294 g/mol. The number of amides is 1. The standard InChI is InChI=1S/C10H10BrNO3S/c1-12(9(13)2-3-10(14)15)5-8-4-7(11)6-16-8/h2-4,6H,5H2,1H3,(H,14,15)/b3-2+. The molecule has 4 nitrogen and oxygen atoms in total. The van der Waals surface area contributed by atoms with Crippen molar-refractivity contribution in [1.29, 1.82) is 0 Å². The number of rotatable bonds is 4. The highest BCUT2D eigenvalue weighted by molar-refractivity contribution is 9.10. The molecule has 6 heteroatoms. The van der Waals surface area contributed by atoms with E-state index in [2.05, 4.69) is 15.9 Å². The SMILES string of the molecule is CN(Cc1cc(Br)cs1)C(=O)/C=C/C(=O)O. The maximum Gasteiger partial charge on any atom is 0.328 e. The van der Waals surface area contributed by atoms with Gasteiger partial charge < -0.3 is 10.0 Å². The lowest BCUT2D eigenvalue weighted by molar-refractivity contribution is -0.132. The first-order valence-electron chi connectivity index (χ1n) is 4.38. The predicted molar refractivity (Wildman–Crippen MR) is 65.3 cm³/mol. The van der Waals surface area contributed by atoms with Gasteiger partial charge in [-0.25, -0.2) is 4.79 Å². The summed E-state index contributed by atoms with van der Waals surface area (Å²) >= 11 is 4.86. The second kappa shape index (κ2) is 5.81.